The fourth-order valence-corrected chi connectivity index (χ4v) is 6.86. The molecular weight excluding hydrogens is 592 g/mol. The molecular formula is C35H44F2N5O4+. The van der Waals surface area contributed by atoms with Gasteiger partial charge in [-0.2, -0.15) is 0 Å². The van der Waals surface area contributed by atoms with Crippen LogP contribution in [0.2, 0.25) is 0 Å². The molecule has 3 aromatic rings. The van der Waals surface area contributed by atoms with E-state index in [1.807, 2.05) is 26.1 Å². The van der Waals surface area contributed by atoms with E-state index in [4.69, 9.17) is 4.74 Å². The number of aryl methyl sites for hydroxylation is 1. The van der Waals surface area contributed by atoms with Gasteiger partial charge in [0.25, 0.3) is 6.43 Å². The second-order valence-corrected chi connectivity index (χ2v) is 13.5. The van der Waals surface area contributed by atoms with Gasteiger partial charge in [-0.15, -0.1) is 0 Å². The Morgan fingerprint density at radius 1 is 1.09 bits per heavy atom. The maximum absolute atomic E-state index is 13.9. The van der Waals surface area contributed by atoms with Crippen LogP contribution >= 0.6 is 0 Å². The number of pyridine rings is 3. The summed E-state index contributed by atoms with van der Waals surface area (Å²) in [5, 5.41) is 15.1. The number of anilines is 2. The molecule has 1 aliphatic carbocycles. The quantitative estimate of drug-likeness (QED) is 0.188. The first-order valence-electron chi connectivity index (χ1n) is 16.0. The molecule has 0 radical (unpaired) electrons. The van der Waals surface area contributed by atoms with Crippen LogP contribution in [0.3, 0.4) is 0 Å². The zero-order valence-corrected chi connectivity index (χ0v) is 27.1. The number of esters is 1. The van der Waals surface area contributed by atoms with Crippen molar-refractivity contribution in [1.82, 2.24) is 15.0 Å². The number of rotatable bonds is 10. The van der Waals surface area contributed by atoms with Crippen molar-refractivity contribution in [2.24, 2.45) is 11.3 Å². The number of carbonyl (C=O) groups is 2. The third-order valence-corrected chi connectivity index (χ3v) is 9.97. The van der Waals surface area contributed by atoms with Crippen LogP contribution < -0.4 is 5.32 Å². The molecule has 5 rings (SSSR count). The number of ketones is 1. The summed E-state index contributed by atoms with van der Waals surface area (Å²) < 4.78 is 32.9. The van der Waals surface area contributed by atoms with E-state index in [1.165, 1.54) is 18.3 Å². The molecule has 2 fully saturated rings. The van der Waals surface area contributed by atoms with E-state index in [9.17, 15) is 23.5 Å². The van der Waals surface area contributed by atoms with Crippen molar-refractivity contribution < 1.29 is 32.7 Å². The van der Waals surface area contributed by atoms with Crippen LogP contribution in [0.25, 0.3) is 11.3 Å². The van der Waals surface area contributed by atoms with Gasteiger partial charge in [-0.1, -0.05) is 19.3 Å². The van der Waals surface area contributed by atoms with E-state index in [-0.39, 0.29) is 29.8 Å². The van der Waals surface area contributed by atoms with Crippen molar-refractivity contribution in [3.05, 3.63) is 65.6 Å². The van der Waals surface area contributed by atoms with Crippen LogP contribution in [0.1, 0.15) is 82.0 Å². The van der Waals surface area contributed by atoms with Crippen LogP contribution in [-0.2, 0) is 19.9 Å². The van der Waals surface area contributed by atoms with E-state index in [0.717, 1.165) is 50.8 Å². The number of aliphatic hydroxyl groups is 1. The minimum absolute atomic E-state index is 0.0706. The van der Waals surface area contributed by atoms with Crippen molar-refractivity contribution in [2.45, 2.75) is 77.7 Å². The molecule has 246 valence electrons. The molecule has 2 N–H and O–H groups in total. The third kappa shape index (κ3) is 7.10. The van der Waals surface area contributed by atoms with Crippen molar-refractivity contribution in [2.75, 3.05) is 32.2 Å². The number of hydrogen-bond donors (Lipinski definition) is 2. The molecule has 0 aromatic carbocycles. The Labute approximate surface area is 269 Å². The molecule has 3 aromatic heterocycles. The van der Waals surface area contributed by atoms with E-state index >= 15 is 0 Å². The SMILES string of the molecule is CC(=O)C1CC[N+](C)(COC(=O)C2([C@@](C)(O)c3ccc(-c4cc(C)cc(Nc5cc(C(F)F)ccn5)n4)cn3)CCCCC2)CC1. The Hall–Kier alpha value is -3.83. The van der Waals surface area contributed by atoms with E-state index in [1.54, 1.807) is 32.2 Å². The summed E-state index contributed by atoms with van der Waals surface area (Å²) in [5.41, 5.74) is -0.319. The first-order valence-corrected chi connectivity index (χ1v) is 16.0. The summed E-state index contributed by atoms with van der Waals surface area (Å²) in [7, 11) is 2.05. The molecule has 0 unspecified atom stereocenters. The summed E-state index contributed by atoms with van der Waals surface area (Å²) in [6.45, 7) is 6.91. The molecule has 1 aliphatic heterocycles. The Kier molecular flexibility index (Phi) is 9.83. The summed E-state index contributed by atoms with van der Waals surface area (Å²) in [6.07, 6.45) is 5.46. The van der Waals surface area contributed by atoms with Crippen LogP contribution in [0.5, 0.6) is 0 Å². The summed E-state index contributed by atoms with van der Waals surface area (Å²) in [6, 6.07) is 9.77. The zero-order chi connectivity index (χ0) is 33.1. The summed E-state index contributed by atoms with van der Waals surface area (Å²) in [4.78, 5) is 39.2. The summed E-state index contributed by atoms with van der Waals surface area (Å²) in [5.74, 6) is 0.575. The molecule has 1 saturated carbocycles. The molecule has 1 atom stereocenters. The fourth-order valence-electron chi connectivity index (χ4n) is 6.86. The van der Waals surface area contributed by atoms with Crippen molar-refractivity contribution in [3.8, 4) is 11.3 Å². The van der Waals surface area contributed by atoms with Crippen LogP contribution in [-0.4, -0.2) is 63.2 Å². The highest BCUT2D eigenvalue weighted by molar-refractivity contribution is 5.79. The number of piperidine rings is 1. The third-order valence-electron chi connectivity index (χ3n) is 9.97. The maximum Gasteiger partial charge on any atom is 0.319 e. The van der Waals surface area contributed by atoms with Gasteiger partial charge in [0, 0.05) is 42.3 Å². The van der Waals surface area contributed by atoms with Gasteiger partial charge < -0.3 is 15.2 Å². The Morgan fingerprint density at radius 3 is 2.43 bits per heavy atom. The Morgan fingerprint density at radius 2 is 1.80 bits per heavy atom. The molecule has 46 heavy (non-hydrogen) atoms. The first-order chi connectivity index (χ1) is 21.8. The first kappa shape index (κ1) is 33.5. The standard InChI is InChI=1S/C35H44F2N5O4/c1-23-18-28(40-31(19-23)41-30-20-26(32(36)37)10-15-38-30)27-8-9-29(39-21-27)34(3,45)35(13-6-5-7-14-35)33(44)46-22-42(4)16-11-25(12-17-42)24(2)43/h8-10,15,18-21,25,32,45H,5-7,11-14,16-17,22H2,1-4H3,(H,38,40,41)/q+1/t25?,34-,42?/m0/s1. The number of nitrogens with zero attached hydrogens (tertiary/aromatic N) is 4. The smallest absolute Gasteiger partial charge is 0.319 e. The van der Waals surface area contributed by atoms with Gasteiger partial charge in [0.2, 0.25) is 6.73 Å². The highest BCUT2D eigenvalue weighted by Crippen LogP contribution is 2.50. The predicted octanol–water partition coefficient (Wildman–Crippen LogP) is 6.63. The molecule has 0 bridgehead atoms. The van der Waals surface area contributed by atoms with Gasteiger partial charge in [-0.3, -0.25) is 19.1 Å². The lowest BCUT2D eigenvalue weighted by Crippen LogP contribution is -2.55. The predicted molar refractivity (Wildman–Crippen MR) is 170 cm³/mol. The lowest BCUT2D eigenvalue weighted by Gasteiger charge is -2.46. The zero-order valence-electron chi connectivity index (χ0n) is 27.1. The van der Waals surface area contributed by atoms with Gasteiger partial charge in [0.1, 0.15) is 28.4 Å². The Balaban J connectivity index is 1.34. The molecule has 2 aliphatic rings. The average Bonchev–Trinajstić information content (AvgIpc) is 3.04. The van der Waals surface area contributed by atoms with Crippen molar-refractivity contribution in [3.63, 3.8) is 0 Å². The lowest BCUT2D eigenvalue weighted by atomic mass is 9.62. The van der Waals surface area contributed by atoms with Crippen molar-refractivity contribution >= 4 is 23.4 Å². The molecule has 9 nitrogen and oxygen atoms in total. The highest BCUT2D eigenvalue weighted by Gasteiger charge is 2.56. The summed E-state index contributed by atoms with van der Waals surface area (Å²) >= 11 is 0. The van der Waals surface area contributed by atoms with Crippen LogP contribution in [0, 0.1) is 18.3 Å². The number of quaternary nitrogens is 1. The van der Waals surface area contributed by atoms with Crippen LogP contribution in [0.4, 0.5) is 20.4 Å². The molecule has 1 saturated heterocycles. The molecule has 11 heteroatoms. The number of alkyl halides is 2. The number of ether oxygens (including phenoxy) is 1. The molecule has 4 heterocycles. The van der Waals surface area contributed by atoms with Crippen LogP contribution in [0.15, 0.2) is 48.8 Å². The van der Waals surface area contributed by atoms with Gasteiger partial charge in [-0.05, 0) is 75.6 Å². The van der Waals surface area contributed by atoms with Crippen molar-refractivity contribution in [1.29, 1.82) is 0 Å². The number of halogens is 2. The van der Waals surface area contributed by atoms with Gasteiger partial charge >= 0.3 is 5.97 Å². The minimum Gasteiger partial charge on any atom is -0.414 e. The minimum atomic E-state index is -2.61. The number of Topliss-reactive ketones (excluding diaryl/α,β-unsaturated/α-hetero) is 1. The number of likely N-dealkylation sites (tertiary alicyclic amines) is 1. The number of aromatic nitrogens is 3. The second-order valence-electron chi connectivity index (χ2n) is 13.5. The monoisotopic (exact) mass is 636 g/mol. The van der Waals surface area contributed by atoms with Gasteiger partial charge in [0.15, 0.2) is 0 Å². The number of hydrogen-bond acceptors (Lipinski definition) is 8. The number of nitrogens with one attached hydrogen (secondary N) is 1. The maximum atomic E-state index is 13.9. The molecule has 0 spiro atoms. The Bertz CT molecular complexity index is 1550. The average molecular weight is 637 g/mol. The van der Waals surface area contributed by atoms with Gasteiger partial charge in [0.05, 0.1) is 31.5 Å². The normalized spacial score (nSPS) is 22.6. The fraction of sp³-hybridized carbons (Fsp3) is 0.514. The van der Waals surface area contributed by atoms with E-state index < -0.39 is 23.4 Å². The highest BCUT2D eigenvalue weighted by atomic mass is 19.3. The molecule has 0 amide bonds. The lowest BCUT2D eigenvalue weighted by molar-refractivity contribution is -0.930. The van der Waals surface area contributed by atoms with E-state index in [0.29, 0.717) is 40.1 Å². The van der Waals surface area contributed by atoms with Gasteiger partial charge in [-0.25, -0.2) is 18.7 Å². The largest absolute Gasteiger partial charge is 0.414 e. The van der Waals surface area contributed by atoms with E-state index in [2.05, 4.69) is 20.3 Å². The number of carbonyl (C=O) groups excluding carboxylic acids is 2. The second kappa shape index (κ2) is 13.5. The topological polar surface area (TPSA) is 114 Å².